The lowest BCUT2D eigenvalue weighted by Crippen LogP contribution is -2.31. The number of ketones is 1. The van der Waals surface area contributed by atoms with Crippen LogP contribution in [0.2, 0.25) is 5.02 Å². The van der Waals surface area contributed by atoms with Crippen molar-refractivity contribution in [3.05, 3.63) is 74.3 Å². The van der Waals surface area contributed by atoms with E-state index < -0.39 is 22.5 Å². The van der Waals surface area contributed by atoms with Gasteiger partial charge in [0.1, 0.15) is 18.2 Å². The first-order valence-corrected chi connectivity index (χ1v) is 14.2. The van der Waals surface area contributed by atoms with Crippen LogP contribution in [-0.2, 0) is 20.9 Å². The Hall–Kier alpha value is -2.41. The van der Waals surface area contributed by atoms with Crippen molar-refractivity contribution in [3.8, 4) is 0 Å². The highest BCUT2D eigenvalue weighted by Gasteiger charge is 2.37. The minimum absolute atomic E-state index is 0.201. The highest BCUT2D eigenvalue weighted by Crippen LogP contribution is 2.41. The van der Waals surface area contributed by atoms with Gasteiger partial charge in [-0.2, -0.15) is 13.1 Å². The Balaban J connectivity index is 1.32. The number of aliphatic hydroxyl groups excluding tert-OH is 1. The minimum Gasteiger partial charge on any atom is -0.390 e. The quantitative estimate of drug-likeness (QED) is 0.366. The van der Waals surface area contributed by atoms with Crippen molar-refractivity contribution in [3.63, 3.8) is 0 Å². The largest absolute Gasteiger partial charge is 0.390 e. The molecule has 2 aromatic heterocycles. The maximum Gasteiger partial charge on any atom is 0.335 e. The van der Waals surface area contributed by atoms with Crippen LogP contribution in [0.5, 0.6) is 0 Å². The predicted molar refractivity (Wildman–Crippen MR) is 137 cm³/mol. The fourth-order valence-electron chi connectivity index (χ4n) is 4.92. The van der Waals surface area contributed by atoms with Crippen LogP contribution in [0, 0.1) is 0 Å². The second-order valence-electron chi connectivity index (χ2n) is 8.97. The number of hydrogen-bond acceptors (Lipinski definition) is 9. The molecule has 1 saturated carbocycles. The molecule has 0 radical (unpaired) electrons. The van der Waals surface area contributed by atoms with E-state index in [-0.39, 0.29) is 30.6 Å². The summed E-state index contributed by atoms with van der Waals surface area (Å²) in [6, 6.07) is 7.58. The number of nitrogens with zero attached hydrogens (tertiary/aromatic N) is 2. The van der Waals surface area contributed by atoms with Gasteiger partial charge in [0.15, 0.2) is 0 Å². The maximum absolute atomic E-state index is 13.4. The lowest BCUT2D eigenvalue weighted by Gasteiger charge is -2.15. The number of thiophene rings is 1. The van der Waals surface area contributed by atoms with E-state index in [1.165, 1.54) is 42.0 Å². The number of carbonyl (C=O) groups excluding carboxylic acids is 1. The molecule has 0 spiro atoms. The number of aliphatic hydroxyl groups is 1. The number of aromatic nitrogens is 2. The first kappa shape index (κ1) is 25.2. The summed E-state index contributed by atoms with van der Waals surface area (Å²) in [5.74, 6) is 0.326. The summed E-state index contributed by atoms with van der Waals surface area (Å²) < 4.78 is 30.5. The summed E-state index contributed by atoms with van der Waals surface area (Å²) in [7, 11) is -2.70. The fraction of sp³-hybridized carbons (Fsp3) is 0.375. The second kappa shape index (κ2) is 10.2. The molecule has 1 aromatic carbocycles. The summed E-state index contributed by atoms with van der Waals surface area (Å²) in [4.78, 5) is 22.3. The van der Waals surface area contributed by atoms with E-state index in [0.717, 1.165) is 18.4 Å². The molecule has 2 heterocycles. The molecule has 0 aliphatic heterocycles. The van der Waals surface area contributed by atoms with Crippen LogP contribution in [0.25, 0.3) is 0 Å². The van der Waals surface area contributed by atoms with E-state index in [4.69, 9.17) is 15.8 Å². The lowest BCUT2D eigenvalue weighted by atomic mass is 9.94. The summed E-state index contributed by atoms with van der Waals surface area (Å²) in [6.45, 7) is 0. The SMILES string of the molecule is CNS(=O)(=O)O[C@@H]1C[C@H](Nc2ncncc2C(=O)c2cc([C@@H]3CCc4ccc(Cl)cc43)cs2)C[C@@H]1O. The molecular weight excluding hydrogens is 524 g/mol. The molecule has 1 fully saturated rings. The fourth-order valence-corrected chi connectivity index (χ4v) is 6.64. The predicted octanol–water partition coefficient (Wildman–Crippen LogP) is 3.29. The monoisotopic (exact) mass is 548 g/mol. The number of anilines is 1. The second-order valence-corrected chi connectivity index (χ2v) is 11.8. The van der Waals surface area contributed by atoms with Crippen molar-refractivity contribution < 1.29 is 22.5 Å². The molecule has 0 amide bonds. The van der Waals surface area contributed by atoms with Crippen LogP contribution < -0.4 is 10.0 Å². The molecule has 0 bridgehead atoms. The van der Waals surface area contributed by atoms with Gasteiger partial charge in [0, 0.05) is 30.2 Å². The summed E-state index contributed by atoms with van der Waals surface area (Å²) in [5.41, 5.74) is 3.89. The van der Waals surface area contributed by atoms with Crippen LogP contribution >= 0.6 is 22.9 Å². The van der Waals surface area contributed by atoms with Crippen molar-refractivity contribution in [2.24, 2.45) is 0 Å². The van der Waals surface area contributed by atoms with Crippen molar-refractivity contribution in [2.75, 3.05) is 12.4 Å². The van der Waals surface area contributed by atoms with Gasteiger partial charge in [0.25, 0.3) is 0 Å². The number of carbonyl (C=O) groups is 1. The molecular formula is C24H25ClN4O5S2. The molecule has 2 aliphatic rings. The summed E-state index contributed by atoms with van der Waals surface area (Å²) >= 11 is 7.61. The molecule has 3 N–H and O–H groups in total. The summed E-state index contributed by atoms with van der Waals surface area (Å²) in [6.07, 6.45) is 3.34. The molecule has 0 saturated heterocycles. The van der Waals surface area contributed by atoms with E-state index in [0.29, 0.717) is 21.3 Å². The Morgan fingerprint density at radius 2 is 2.11 bits per heavy atom. The average Bonchev–Trinajstić information content (AvgIpc) is 3.57. The third kappa shape index (κ3) is 5.17. The van der Waals surface area contributed by atoms with Gasteiger partial charge in [-0.1, -0.05) is 17.7 Å². The molecule has 2 aliphatic carbocycles. The molecule has 9 nitrogen and oxygen atoms in total. The standard InChI is InChI=1S/C24H25ClN4O5S2/c1-26-36(32,33)34-21-9-16(8-20(21)30)29-24-19(10-27-12-28-24)23(31)22-6-14(11-35-22)17-5-3-13-2-4-15(25)7-18(13)17/h2,4,6-7,10-12,16-17,20-21,26,30H,3,5,8-9H2,1H3,(H,27,28,29)/t16-,17+,20+,21-/m1/s1. The highest BCUT2D eigenvalue weighted by atomic mass is 35.5. The maximum atomic E-state index is 13.4. The Labute approximate surface area is 218 Å². The van der Waals surface area contributed by atoms with Crippen LogP contribution in [0.4, 0.5) is 5.82 Å². The molecule has 36 heavy (non-hydrogen) atoms. The Morgan fingerprint density at radius 1 is 1.28 bits per heavy atom. The number of hydrogen-bond donors (Lipinski definition) is 3. The van der Waals surface area contributed by atoms with Crippen LogP contribution in [-0.4, -0.2) is 54.6 Å². The Bertz CT molecular complexity index is 1400. The van der Waals surface area contributed by atoms with Gasteiger partial charge in [-0.3, -0.25) is 8.98 Å². The van der Waals surface area contributed by atoms with Crippen LogP contribution in [0.1, 0.15) is 57.1 Å². The third-order valence-corrected chi connectivity index (χ3v) is 8.88. The van der Waals surface area contributed by atoms with Crippen molar-refractivity contribution >= 4 is 44.8 Å². The number of rotatable bonds is 8. The topological polar surface area (TPSA) is 131 Å². The molecule has 4 atom stereocenters. The Morgan fingerprint density at radius 3 is 2.92 bits per heavy atom. The zero-order valence-electron chi connectivity index (χ0n) is 19.3. The van der Waals surface area contributed by atoms with Crippen LogP contribution in [0.15, 0.2) is 42.2 Å². The van der Waals surface area contributed by atoms with E-state index in [9.17, 15) is 18.3 Å². The first-order chi connectivity index (χ1) is 17.2. The zero-order valence-corrected chi connectivity index (χ0v) is 21.7. The lowest BCUT2D eigenvalue weighted by molar-refractivity contribution is 0.0636. The minimum atomic E-state index is -3.94. The average molecular weight is 549 g/mol. The van der Waals surface area contributed by atoms with Gasteiger partial charge in [0.2, 0.25) is 5.78 Å². The molecule has 3 aromatic rings. The van der Waals surface area contributed by atoms with Crippen LogP contribution in [0.3, 0.4) is 0 Å². The zero-order chi connectivity index (χ0) is 25.4. The number of halogens is 1. The molecule has 12 heteroatoms. The van der Waals surface area contributed by atoms with Crippen molar-refractivity contribution in [1.82, 2.24) is 14.7 Å². The van der Waals surface area contributed by atoms with Crippen molar-refractivity contribution in [2.45, 2.75) is 49.9 Å². The Kier molecular flexibility index (Phi) is 7.12. The van der Waals surface area contributed by atoms with Gasteiger partial charge in [-0.15, -0.1) is 11.3 Å². The normalized spacial score (nSPS) is 23.5. The van der Waals surface area contributed by atoms with Gasteiger partial charge in [0.05, 0.1) is 16.5 Å². The van der Waals surface area contributed by atoms with Gasteiger partial charge < -0.3 is 10.4 Å². The molecule has 5 rings (SSSR count). The molecule has 190 valence electrons. The van der Waals surface area contributed by atoms with E-state index in [1.807, 2.05) is 23.6 Å². The summed E-state index contributed by atoms with van der Waals surface area (Å²) in [5, 5.41) is 16.2. The van der Waals surface area contributed by atoms with E-state index >= 15 is 0 Å². The molecule has 0 unspecified atom stereocenters. The van der Waals surface area contributed by atoms with Gasteiger partial charge in [-0.25, -0.2) is 9.97 Å². The van der Waals surface area contributed by atoms with Gasteiger partial charge >= 0.3 is 10.3 Å². The van der Waals surface area contributed by atoms with E-state index in [2.05, 4.69) is 26.1 Å². The number of nitrogens with one attached hydrogen (secondary N) is 2. The van der Waals surface area contributed by atoms with E-state index in [1.54, 1.807) is 0 Å². The number of benzene rings is 1. The van der Waals surface area contributed by atoms with Gasteiger partial charge in [-0.05, 0) is 66.0 Å². The highest BCUT2D eigenvalue weighted by molar-refractivity contribution is 7.84. The number of aryl methyl sites for hydroxylation is 1. The number of fused-ring (bicyclic) bond motifs is 1. The van der Waals surface area contributed by atoms with Crippen molar-refractivity contribution in [1.29, 1.82) is 0 Å². The third-order valence-electron chi connectivity index (χ3n) is 6.70. The smallest absolute Gasteiger partial charge is 0.335 e. The first-order valence-electron chi connectivity index (χ1n) is 11.5.